The largest absolute Gasteiger partial charge is 0.463 e. The summed E-state index contributed by atoms with van der Waals surface area (Å²) in [5.74, 6) is -2.56. The van der Waals surface area contributed by atoms with Crippen LogP contribution in [-0.4, -0.2) is 60.3 Å². The Morgan fingerprint density at radius 3 is 1.91 bits per heavy atom. The molecule has 0 bridgehead atoms. The molecule has 9 nitrogen and oxygen atoms in total. The summed E-state index contributed by atoms with van der Waals surface area (Å²) in [5.41, 5.74) is -0.851. The molecule has 2 rings (SSSR count). The zero-order chi connectivity index (χ0) is 23.8. The van der Waals surface area contributed by atoms with Crippen LogP contribution in [0, 0.1) is 0 Å². The minimum absolute atomic E-state index is 0.263. The van der Waals surface area contributed by atoms with E-state index in [0.717, 1.165) is 4.90 Å². The normalized spacial score (nSPS) is 24.8. The second kappa shape index (κ2) is 12.3. The molecule has 0 spiro atoms. The lowest BCUT2D eigenvalue weighted by Gasteiger charge is -2.43. The molecule has 0 N–H and O–H groups in total. The smallest absolute Gasteiger partial charge is 0.303 e. The summed E-state index contributed by atoms with van der Waals surface area (Å²) < 4.78 is 27.2. The van der Waals surface area contributed by atoms with Gasteiger partial charge >= 0.3 is 23.9 Å². The zero-order valence-corrected chi connectivity index (χ0v) is 20.2. The van der Waals surface area contributed by atoms with Gasteiger partial charge in [-0.2, -0.15) is 0 Å². The molecule has 0 aromatic heterocycles. The first-order valence-corrected chi connectivity index (χ1v) is 12.0. The van der Waals surface area contributed by atoms with E-state index >= 15 is 0 Å². The number of carbonyl (C=O) groups excluding carboxylic acids is 4. The Bertz CT molecular complexity index is 833. The Morgan fingerprint density at radius 2 is 1.38 bits per heavy atom. The predicted octanol–water partition coefficient (Wildman–Crippen LogP) is 3.16. The van der Waals surface area contributed by atoms with Gasteiger partial charge in [-0.05, 0) is 24.3 Å². The monoisotopic (exact) mass is 506 g/mol. The van der Waals surface area contributed by atoms with Crippen LogP contribution in [0.2, 0.25) is 5.02 Å². The molecule has 0 aliphatic carbocycles. The number of halogens is 1. The lowest BCUT2D eigenvalue weighted by molar-refractivity contribution is -0.237. The average molecular weight is 507 g/mol. The molecular weight excluding hydrogens is 484 g/mol. The van der Waals surface area contributed by atoms with Gasteiger partial charge in [-0.15, -0.1) is 0 Å². The van der Waals surface area contributed by atoms with Crippen molar-refractivity contribution in [1.29, 1.82) is 0 Å². The van der Waals surface area contributed by atoms with Gasteiger partial charge in [0.1, 0.15) is 12.7 Å². The first-order valence-electron chi connectivity index (χ1n) is 9.46. The summed E-state index contributed by atoms with van der Waals surface area (Å²) in [5, 5.41) is 0.576. The van der Waals surface area contributed by atoms with E-state index in [4.69, 9.17) is 35.3 Å². The molecule has 1 aliphatic rings. The second-order valence-electron chi connectivity index (χ2n) is 6.70. The Morgan fingerprint density at radius 1 is 0.844 bits per heavy atom. The number of hydrogen-bond donors (Lipinski definition) is 0. The molecule has 0 amide bonds. The van der Waals surface area contributed by atoms with Gasteiger partial charge in [0, 0.05) is 37.6 Å². The maximum Gasteiger partial charge on any atom is 0.303 e. The minimum Gasteiger partial charge on any atom is -0.463 e. The number of benzene rings is 1. The summed E-state index contributed by atoms with van der Waals surface area (Å²) in [4.78, 5) is 47.5. The van der Waals surface area contributed by atoms with Crippen LogP contribution in [0.25, 0.3) is 0 Å². The van der Waals surface area contributed by atoms with Crippen LogP contribution in [0.3, 0.4) is 0 Å². The van der Waals surface area contributed by atoms with Crippen LogP contribution in [0.1, 0.15) is 27.7 Å². The lowest BCUT2D eigenvalue weighted by Crippen LogP contribution is -2.61. The molecule has 0 saturated carbocycles. The highest BCUT2D eigenvalue weighted by Crippen LogP contribution is 2.42. The molecule has 5 atom stereocenters. The highest BCUT2D eigenvalue weighted by Gasteiger charge is 2.52. The summed E-state index contributed by atoms with van der Waals surface area (Å²) in [7, 11) is 2.51. The van der Waals surface area contributed by atoms with Crippen LogP contribution in [-0.2, 0) is 42.9 Å². The van der Waals surface area contributed by atoms with Crippen molar-refractivity contribution in [3.8, 4) is 0 Å². The van der Waals surface area contributed by atoms with Gasteiger partial charge in [-0.3, -0.25) is 19.2 Å². The minimum atomic E-state index is -1.18. The molecule has 1 heterocycles. The average Bonchev–Trinajstić information content (AvgIpc) is 2.69. The summed E-state index contributed by atoms with van der Waals surface area (Å²) in [6, 6.07) is 7.03. The highest BCUT2D eigenvalue weighted by molar-refractivity contribution is 8.76. The van der Waals surface area contributed by atoms with Gasteiger partial charge in [-0.25, -0.2) is 0 Å². The van der Waals surface area contributed by atoms with Gasteiger partial charge in [0.15, 0.2) is 23.7 Å². The molecule has 1 aromatic carbocycles. The fourth-order valence-electron chi connectivity index (χ4n) is 2.86. The Labute approximate surface area is 198 Å². The van der Waals surface area contributed by atoms with Gasteiger partial charge in [0.05, 0.1) is 0 Å². The van der Waals surface area contributed by atoms with Crippen molar-refractivity contribution in [2.24, 2.45) is 0 Å². The maximum atomic E-state index is 11.8. The predicted molar refractivity (Wildman–Crippen MR) is 117 cm³/mol. The van der Waals surface area contributed by atoms with Crippen molar-refractivity contribution in [2.45, 2.75) is 62.4 Å². The lowest BCUT2D eigenvalue weighted by atomic mass is 9.99. The fraction of sp³-hybridized carbons (Fsp3) is 0.500. The van der Waals surface area contributed by atoms with E-state index in [1.165, 1.54) is 49.3 Å². The molecule has 176 valence electrons. The standard InChI is InChI=1S/C20H23ClO9S2/c1-10(22)26-9-16-17(27-11(2)23)18(28-12(3)24)19(29-13(4)25)20(30-16)32-31-15-7-5-14(21)6-8-15/h5-8,16-20H,9H2,1-4H3/t16-,17-,18+,19-,20+/m1/s1. The van der Waals surface area contributed by atoms with Crippen LogP contribution >= 0.6 is 33.2 Å². The number of hydrogen-bond acceptors (Lipinski definition) is 11. The second-order valence-corrected chi connectivity index (χ2v) is 9.51. The Kier molecular flexibility index (Phi) is 10.1. The zero-order valence-electron chi connectivity index (χ0n) is 17.8. The topological polar surface area (TPSA) is 114 Å². The van der Waals surface area contributed by atoms with E-state index in [0.29, 0.717) is 5.02 Å². The van der Waals surface area contributed by atoms with Gasteiger partial charge in [0.25, 0.3) is 0 Å². The Balaban J connectivity index is 2.35. The number of esters is 4. The first kappa shape index (κ1) is 26.3. The molecular formula is C20H23ClO9S2. The van der Waals surface area contributed by atoms with E-state index in [1.54, 1.807) is 24.3 Å². The summed E-state index contributed by atoms with van der Waals surface area (Å²) >= 11 is 5.92. The van der Waals surface area contributed by atoms with Gasteiger partial charge < -0.3 is 23.7 Å². The molecule has 1 saturated heterocycles. The number of rotatable bonds is 8. The summed E-state index contributed by atoms with van der Waals surface area (Å²) in [6.45, 7) is 4.51. The molecule has 32 heavy (non-hydrogen) atoms. The van der Waals surface area contributed by atoms with E-state index in [-0.39, 0.29) is 6.61 Å². The van der Waals surface area contributed by atoms with Crippen molar-refractivity contribution in [3.05, 3.63) is 29.3 Å². The number of ether oxygens (including phenoxy) is 5. The van der Waals surface area contributed by atoms with Crippen molar-refractivity contribution in [2.75, 3.05) is 6.61 Å². The van der Waals surface area contributed by atoms with Crippen LogP contribution in [0.5, 0.6) is 0 Å². The molecule has 0 unspecified atom stereocenters. The van der Waals surface area contributed by atoms with Crippen molar-refractivity contribution in [3.63, 3.8) is 0 Å². The van der Waals surface area contributed by atoms with Crippen LogP contribution < -0.4 is 0 Å². The van der Waals surface area contributed by atoms with Crippen molar-refractivity contribution < 1.29 is 42.9 Å². The first-order chi connectivity index (χ1) is 15.1. The third-order valence-electron chi connectivity index (χ3n) is 4.00. The van der Waals surface area contributed by atoms with Crippen LogP contribution in [0.4, 0.5) is 0 Å². The van der Waals surface area contributed by atoms with Gasteiger partial charge in [-0.1, -0.05) is 33.2 Å². The van der Waals surface area contributed by atoms with E-state index < -0.39 is 53.7 Å². The summed E-state index contributed by atoms with van der Waals surface area (Å²) in [6.07, 6.45) is -4.42. The molecule has 1 aliphatic heterocycles. The van der Waals surface area contributed by atoms with Crippen molar-refractivity contribution >= 4 is 57.1 Å². The fourth-order valence-corrected chi connectivity index (χ4v) is 5.36. The van der Waals surface area contributed by atoms with E-state index in [9.17, 15) is 19.2 Å². The molecule has 12 heteroatoms. The Hall–Kier alpha value is -1.95. The molecule has 0 radical (unpaired) electrons. The maximum absolute atomic E-state index is 11.8. The number of carbonyl (C=O) groups is 4. The van der Waals surface area contributed by atoms with Gasteiger partial charge in [0.2, 0.25) is 0 Å². The van der Waals surface area contributed by atoms with Crippen molar-refractivity contribution in [1.82, 2.24) is 0 Å². The third kappa shape index (κ3) is 8.19. The van der Waals surface area contributed by atoms with E-state index in [1.807, 2.05) is 0 Å². The molecule has 1 fully saturated rings. The third-order valence-corrected chi connectivity index (χ3v) is 6.82. The highest BCUT2D eigenvalue weighted by atomic mass is 35.5. The molecule has 1 aromatic rings. The quantitative estimate of drug-likeness (QED) is 0.294. The SMILES string of the molecule is CC(=O)OC[C@H]1O[C@@H](SSc2ccc(Cl)cc2)[C@H](OC(C)=O)[C@@H](OC(C)=O)[C@@H]1OC(C)=O. The van der Waals surface area contributed by atoms with E-state index in [2.05, 4.69) is 0 Å². The van der Waals surface area contributed by atoms with Crippen LogP contribution in [0.15, 0.2) is 29.2 Å².